The van der Waals surface area contributed by atoms with Crippen LogP contribution in [-0.4, -0.2) is 34.6 Å². The van der Waals surface area contributed by atoms with Gasteiger partial charge >= 0.3 is 0 Å². The molecule has 6 nitrogen and oxygen atoms in total. The van der Waals surface area contributed by atoms with Gasteiger partial charge < -0.3 is 10.1 Å². The van der Waals surface area contributed by atoms with Crippen molar-refractivity contribution in [1.29, 1.82) is 0 Å². The first kappa shape index (κ1) is 22.1. The number of hydrogen-bond acceptors (Lipinski definition) is 5. The summed E-state index contributed by atoms with van der Waals surface area (Å²) in [4.78, 5) is 38.4. The van der Waals surface area contributed by atoms with Crippen molar-refractivity contribution in [3.8, 4) is 5.75 Å². The average molecular weight is 489 g/mol. The molecule has 30 heavy (non-hydrogen) atoms. The van der Waals surface area contributed by atoms with Gasteiger partial charge in [-0.1, -0.05) is 23.8 Å². The number of nitrogens with one attached hydrogen (secondary N) is 1. The summed E-state index contributed by atoms with van der Waals surface area (Å²) in [5, 5.41) is 2.23. The Morgan fingerprint density at radius 2 is 1.90 bits per heavy atom. The summed E-state index contributed by atoms with van der Waals surface area (Å²) < 4.78 is 6.43. The number of carbonyl (C=O) groups excluding carboxylic acids is 3. The molecular weight excluding hydrogens is 468 g/mol. The van der Waals surface area contributed by atoms with Crippen LogP contribution < -0.4 is 10.1 Å². The summed E-state index contributed by atoms with van der Waals surface area (Å²) in [5.74, 6) is -0.217. The maximum absolute atomic E-state index is 12.6. The molecule has 0 unspecified atom stereocenters. The number of aryl methyl sites for hydroxylation is 1. The summed E-state index contributed by atoms with van der Waals surface area (Å²) in [5.41, 5.74) is 2.42. The standard InChI is InChI=1S/C22H21BrN2O4S/c1-13(2)29-18-9-6-15(10-17(18)23)11-19-21(27)25(22(28)30-19)12-20(26)24-16-7-4-14(3)5-8-16/h4-11,13H,12H2,1-3H3,(H,24,26)/b19-11+. The minimum Gasteiger partial charge on any atom is -0.490 e. The van der Waals surface area contributed by atoms with Crippen molar-refractivity contribution in [2.45, 2.75) is 26.9 Å². The molecule has 1 heterocycles. The summed E-state index contributed by atoms with van der Waals surface area (Å²) in [6.07, 6.45) is 1.67. The number of imide groups is 1. The molecule has 1 aliphatic rings. The molecule has 8 heteroatoms. The third-order valence-corrected chi connectivity index (χ3v) is 5.65. The molecule has 0 saturated carbocycles. The first-order chi connectivity index (χ1) is 14.2. The molecule has 1 saturated heterocycles. The van der Waals surface area contributed by atoms with Gasteiger partial charge in [0.25, 0.3) is 11.1 Å². The van der Waals surface area contributed by atoms with Gasteiger partial charge in [0.05, 0.1) is 15.5 Å². The van der Waals surface area contributed by atoms with E-state index in [0.29, 0.717) is 11.4 Å². The molecule has 0 bridgehead atoms. The smallest absolute Gasteiger partial charge is 0.294 e. The van der Waals surface area contributed by atoms with Gasteiger partial charge in [-0.05, 0) is 84.4 Å². The lowest BCUT2D eigenvalue weighted by molar-refractivity contribution is -0.127. The van der Waals surface area contributed by atoms with Crippen LogP contribution in [0.4, 0.5) is 10.5 Å². The molecule has 1 fully saturated rings. The Hall–Kier alpha value is -2.58. The maximum atomic E-state index is 12.6. The highest BCUT2D eigenvalue weighted by molar-refractivity contribution is 9.10. The van der Waals surface area contributed by atoms with Crippen molar-refractivity contribution in [2.24, 2.45) is 0 Å². The van der Waals surface area contributed by atoms with Crippen molar-refractivity contribution >= 4 is 56.5 Å². The van der Waals surface area contributed by atoms with Crippen LogP contribution in [0.1, 0.15) is 25.0 Å². The van der Waals surface area contributed by atoms with Crippen molar-refractivity contribution in [3.05, 3.63) is 63.0 Å². The van der Waals surface area contributed by atoms with Crippen LogP contribution in [0.15, 0.2) is 51.8 Å². The van der Waals surface area contributed by atoms with E-state index < -0.39 is 17.1 Å². The highest BCUT2D eigenvalue weighted by Crippen LogP contribution is 2.34. The highest BCUT2D eigenvalue weighted by Gasteiger charge is 2.36. The third kappa shape index (κ3) is 5.52. The molecular formula is C22H21BrN2O4S. The molecule has 156 valence electrons. The van der Waals surface area contributed by atoms with Gasteiger partial charge in [-0.3, -0.25) is 19.3 Å². The van der Waals surface area contributed by atoms with Crippen LogP contribution in [0.5, 0.6) is 5.75 Å². The van der Waals surface area contributed by atoms with Gasteiger partial charge in [0.2, 0.25) is 5.91 Å². The lowest BCUT2D eigenvalue weighted by Crippen LogP contribution is -2.36. The van der Waals surface area contributed by atoms with E-state index in [9.17, 15) is 14.4 Å². The second-order valence-electron chi connectivity index (χ2n) is 7.04. The van der Waals surface area contributed by atoms with E-state index in [1.807, 2.05) is 39.0 Å². The monoisotopic (exact) mass is 488 g/mol. The van der Waals surface area contributed by atoms with Crippen molar-refractivity contribution in [3.63, 3.8) is 0 Å². The van der Waals surface area contributed by atoms with E-state index >= 15 is 0 Å². The minimum atomic E-state index is -0.484. The van der Waals surface area contributed by atoms with Gasteiger partial charge in [-0.15, -0.1) is 0 Å². The van der Waals surface area contributed by atoms with E-state index in [2.05, 4.69) is 21.2 Å². The molecule has 3 rings (SSSR count). The van der Waals surface area contributed by atoms with Crippen LogP contribution in [0, 0.1) is 6.92 Å². The van der Waals surface area contributed by atoms with Crippen LogP contribution in [0.2, 0.25) is 0 Å². The zero-order valence-electron chi connectivity index (χ0n) is 16.8. The Kier molecular flexibility index (Phi) is 6.99. The number of ether oxygens (including phenoxy) is 1. The van der Waals surface area contributed by atoms with Crippen molar-refractivity contribution in [1.82, 2.24) is 4.90 Å². The molecule has 3 amide bonds. The van der Waals surface area contributed by atoms with Gasteiger partial charge in [-0.2, -0.15) is 0 Å². The number of halogens is 1. The van der Waals surface area contributed by atoms with Crippen LogP contribution in [-0.2, 0) is 9.59 Å². The van der Waals surface area contributed by atoms with E-state index in [4.69, 9.17) is 4.74 Å². The van der Waals surface area contributed by atoms with E-state index in [0.717, 1.165) is 32.3 Å². The summed E-state index contributed by atoms with van der Waals surface area (Å²) in [7, 11) is 0. The van der Waals surface area contributed by atoms with Crippen LogP contribution >= 0.6 is 27.7 Å². The number of benzene rings is 2. The number of nitrogens with zero attached hydrogens (tertiary/aromatic N) is 1. The Bertz CT molecular complexity index is 1020. The fraction of sp³-hybridized carbons (Fsp3) is 0.227. The van der Waals surface area contributed by atoms with Crippen LogP contribution in [0.25, 0.3) is 6.08 Å². The van der Waals surface area contributed by atoms with Crippen molar-refractivity contribution in [2.75, 3.05) is 11.9 Å². The van der Waals surface area contributed by atoms with Gasteiger partial charge in [0.15, 0.2) is 0 Å². The molecule has 0 aromatic heterocycles. The number of amides is 3. The number of carbonyl (C=O) groups is 3. The van der Waals surface area contributed by atoms with Crippen molar-refractivity contribution < 1.29 is 19.1 Å². The molecule has 0 spiro atoms. The fourth-order valence-corrected chi connectivity index (χ4v) is 4.05. The van der Waals surface area contributed by atoms with Gasteiger partial charge in [0, 0.05) is 5.69 Å². The number of anilines is 1. The lowest BCUT2D eigenvalue weighted by Gasteiger charge is -2.12. The van der Waals surface area contributed by atoms with E-state index in [1.54, 1.807) is 30.3 Å². The largest absolute Gasteiger partial charge is 0.490 e. The van der Waals surface area contributed by atoms with Gasteiger partial charge in [-0.25, -0.2) is 0 Å². The zero-order valence-corrected chi connectivity index (χ0v) is 19.2. The molecule has 0 radical (unpaired) electrons. The highest BCUT2D eigenvalue weighted by atomic mass is 79.9. The molecule has 2 aromatic rings. The topological polar surface area (TPSA) is 75.7 Å². The predicted octanol–water partition coefficient (Wildman–Crippen LogP) is 5.22. The SMILES string of the molecule is Cc1ccc(NC(=O)CN2C(=O)S/C(=C/c3ccc(OC(C)C)c(Br)c3)C2=O)cc1. The third-order valence-electron chi connectivity index (χ3n) is 4.13. The maximum Gasteiger partial charge on any atom is 0.294 e. The number of hydrogen-bond donors (Lipinski definition) is 1. The Morgan fingerprint density at radius 3 is 2.53 bits per heavy atom. The Balaban J connectivity index is 1.68. The number of rotatable bonds is 6. The molecule has 1 aliphatic heterocycles. The Morgan fingerprint density at radius 1 is 1.20 bits per heavy atom. The fourth-order valence-electron chi connectivity index (χ4n) is 2.73. The summed E-state index contributed by atoms with van der Waals surface area (Å²) in [6, 6.07) is 12.7. The summed E-state index contributed by atoms with van der Waals surface area (Å²) >= 11 is 4.28. The zero-order chi connectivity index (χ0) is 21.8. The average Bonchev–Trinajstić information content (AvgIpc) is 2.93. The second kappa shape index (κ2) is 9.49. The Labute approximate surface area is 187 Å². The van der Waals surface area contributed by atoms with E-state index in [1.165, 1.54) is 0 Å². The first-order valence-electron chi connectivity index (χ1n) is 9.31. The van der Waals surface area contributed by atoms with Crippen LogP contribution in [0.3, 0.4) is 0 Å². The molecule has 1 N–H and O–H groups in total. The van der Waals surface area contributed by atoms with E-state index in [-0.39, 0.29) is 17.6 Å². The normalized spacial score (nSPS) is 15.2. The summed E-state index contributed by atoms with van der Waals surface area (Å²) in [6.45, 7) is 5.49. The quantitative estimate of drug-likeness (QED) is 0.564. The van der Waals surface area contributed by atoms with Gasteiger partial charge in [0.1, 0.15) is 12.3 Å². The molecule has 0 atom stereocenters. The number of thioether (sulfide) groups is 1. The predicted molar refractivity (Wildman–Crippen MR) is 122 cm³/mol. The molecule has 0 aliphatic carbocycles. The molecule has 2 aromatic carbocycles. The first-order valence-corrected chi connectivity index (χ1v) is 10.9. The lowest BCUT2D eigenvalue weighted by atomic mass is 10.2. The minimum absolute atomic E-state index is 0.0368. The second-order valence-corrected chi connectivity index (χ2v) is 8.89.